The van der Waals surface area contributed by atoms with Gasteiger partial charge in [0.1, 0.15) is 18.2 Å². The fourth-order valence-electron chi connectivity index (χ4n) is 4.15. The van der Waals surface area contributed by atoms with Crippen LogP contribution in [0.2, 0.25) is 0 Å². The van der Waals surface area contributed by atoms with Crippen molar-refractivity contribution in [1.82, 2.24) is 0 Å². The molecule has 0 spiro atoms. The summed E-state index contributed by atoms with van der Waals surface area (Å²) in [4.78, 5) is 3.74. The maximum Gasteiger partial charge on any atom is 0.216 e. The van der Waals surface area contributed by atoms with Crippen LogP contribution in [0.5, 0.6) is 0 Å². The average molecular weight is 392 g/mol. The van der Waals surface area contributed by atoms with Gasteiger partial charge in [0.15, 0.2) is 11.9 Å². The third kappa shape index (κ3) is 2.69. The van der Waals surface area contributed by atoms with Crippen molar-refractivity contribution in [2.24, 2.45) is 7.05 Å². The molecule has 0 radical (unpaired) electrons. The molecule has 30 heavy (non-hydrogen) atoms. The van der Waals surface area contributed by atoms with Crippen molar-refractivity contribution < 1.29 is 13.1 Å². The van der Waals surface area contributed by atoms with Gasteiger partial charge in [0.05, 0.1) is 12.1 Å². The van der Waals surface area contributed by atoms with Crippen LogP contribution >= 0.6 is 0 Å². The highest BCUT2D eigenvalue weighted by Crippen LogP contribution is 2.44. The van der Waals surface area contributed by atoms with E-state index in [1.165, 1.54) is 0 Å². The van der Waals surface area contributed by atoms with Crippen molar-refractivity contribution in [1.29, 1.82) is 0 Å². The van der Waals surface area contributed by atoms with Crippen molar-refractivity contribution in [2.45, 2.75) is 13.8 Å². The van der Waals surface area contributed by atoms with E-state index in [1.807, 2.05) is 73.1 Å². The SMILES string of the molecule is [2H]C([2H])([2H])c1ccc(-c2c(C)ccc3c2oc2c(-c4ccccc4)c([N+]#[C-])ccc23)[n+](C)c1. The molecule has 3 aromatic carbocycles. The normalized spacial score (nSPS) is 13.0. The molecule has 5 rings (SSSR count). The summed E-state index contributed by atoms with van der Waals surface area (Å²) < 4.78 is 31.5. The Bertz CT molecular complexity index is 1580. The molecular formula is C27H21N2O+. The molecule has 0 aliphatic rings. The molecule has 3 nitrogen and oxygen atoms in total. The molecule has 0 aliphatic heterocycles. The van der Waals surface area contributed by atoms with E-state index in [-0.39, 0.29) is 5.56 Å². The lowest BCUT2D eigenvalue weighted by atomic mass is 9.98. The Morgan fingerprint density at radius 3 is 2.33 bits per heavy atom. The zero-order valence-corrected chi connectivity index (χ0v) is 16.7. The van der Waals surface area contributed by atoms with Gasteiger partial charge in [0.25, 0.3) is 0 Å². The van der Waals surface area contributed by atoms with Gasteiger partial charge in [0, 0.05) is 32.1 Å². The zero-order valence-electron chi connectivity index (χ0n) is 19.7. The van der Waals surface area contributed by atoms with E-state index >= 15 is 0 Å². The Hall–Kier alpha value is -3.90. The number of pyridine rings is 1. The van der Waals surface area contributed by atoms with E-state index < -0.39 is 6.85 Å². The minimum atomic E-state index is -2.17. The monoisotopic (exact) mass is 392 g/mol. The molecule has 5 aromatic rings. The van der Waals surface area contributed by atoms with Gasteiger partial charge < -0.3 is 4.42 Å². The number of hydrogen-bond acceptors (Lipinski definition) is 1. The van der Waals surface area contributed by atoms with Crippen LogP contribution in [0.15, 0.2) is 77.3 Å². The number of fused-ring (bicyclic) bond motifs is 3. The molecule has 144 valence electrons. The predicted octanol–water partition coefficient (Wildman–Crippen LogP) is 6.91. The first-order valence-electron chi connectivity index (χ1n) is 11.2. The third-order valence-electron chi connectivity index (χ3n) is 5.57. The zero-order chi connectivity index (χ0) is 23.3. The molecule has 0 aliphatic carbocycles. The summed E-state index contributed by atoms with van der Waals surface area (Å²) in [6, 6.07) is 21.2. The van der Waals surface area contributed by atoms with E-state index in [4.69, 9.17) is 15.1 Å². The smallest absolute Gasteiger partial charge is 0.216 e. The lowest BCUT2D eigenvalue weighted by Gasteiger charge is -2.06. The molecule has 0 bridgehead atoms. The van der Waals surface area contributed by atoms with Gasteiger partial charge >= 0.3 is 0 Å². The van der Waals surface area contributed by atoms with E-state index in [0.717, 1.165) is 44.3 Å². The van der Waals surface area contributed by atoms with Crippen molar-refractivity contribution in [3.63, 3.8) is 0 Å². The van der Waals surface area contributed by atoms with Crippen molar-refractivity contribution in [2.75, 3.05) is 0 Å². The summed E-state index contributed by atoms with van der Waals surface area (Å²) in [7, 11) is 1.85. The largest absolute Gasteiger partial charge is 0.456 e. The van der Waals surface area contributed by atoms with Crippen LogP contribution < -0.4 is 4.57 Å². The van der Waals surface area contributed by atoms with Gasteiger partial charge in [0.2, 0.25) is 5.69 Å². The topological polar surface area (TPSA) is 21.4 Å². The van der Waals surface area contributed by atoms with Crippen LogP contribution in [0.3, 0.4) is 0 Å². The number of hydrogen-bond donors (Lipinski definition) is 0. The lowest BCUT2D eigenvalue weighted by Crippen LogP contribution is -2.31. The minimum Gasteiger partial charge on any atom is -0.456 e. The average Bonchev–Trinajstić information content (AvgIpc) is 3.17. The Morgan fingerprint density at radius 2 is 1.63 bits per heavy atom. The maximum atomic E-state index is 7.71. The molecular weight excluding hydrogens is 368 g/mol. The van der Waals surface area contributed by atoms with Gasteiger partial charge in [-0.2, -0.15) is 0 Å². The van der Waals surface area contributed by atoms with Crippen LogP contribution in [0, 0.1) is 20.3 Å². The van der Waals surface area contributed by atoms with Gasteiger partial charge in [-0.15, -0.1) is 0 Å². The second-order valence-electron chi connectivity index (χ2n) is 7.46. The highest BCUT2D eigenvalue weighted by atomic mass is 16.3. The van der Waals surface area contributed by atoms with Crippen LogP contribution in [0.1, 0.15) is 15.2 Å². The van der Waals surface area contributed by atoms with E-state index in [9.17, 15) is 0 Å². The van der Waals surface area contributed by atoms with Crippen LogP contribution in [0.4, 0.5) is 5.69 Å². The Labute approximate surface area is 179 Å². The highest BCUT2D eigenvalue weighted by molar-refractivity contribution is 6.15. The number of rotatable bonds is 2. The van der Waals surface area contributed by atoms with Gasteiger partial charge in [-0.25, -0.2) is 9.41 Å². The molecule has 0 N–H and O–H groups in total. The third-order valence-corrected chi connectivity index (χ3v) is 5.57. The Morgan fingerprint density at radius 1 is 0.900 bits per heavy atom. The summed E-state index contributed by atoms with van der Waals surface area (Å²) in [6.07, 6.45) is 1.65. The fraction of sp³-hybridized carbons (Fsp3) is 0.111. The summed E-state index contributed by atoms with van der Waals surface area (Å²) >= 11 is 0. The first-order chi connectivity index (χ1) is 15.8. The fourth-order valence-corrected chi connectivity index (χ4v) is 4.15. The number of aryl methyl sites for hydroxylation is 3. The molecule has 0 saturated heterocycles. The van der Waals surface area contributed by atoms with Crippen molar-refractivity contribution >= 4 is 27.6 Å². The summed E-state index contributed by atoms with van der Waals surface area (Å²) in [6.45, 7) is 7.53. The van der Waals surface area contributed by atoms with Gasteiger partial charge in [-0.3, -0.25) is 0 Å². The number of nitrogens with zero attached hydrogens (tertiary/aromatic N) is 2. The number of benzene rings is 3. The van der Waals surface area contributed by atoms with Crippen LogP contribution in [-0.4, -0.2) is 0 Å². The van der Waals surface area contributed by atoms with E-state index in [0.29, 0.717) is 11.3 Å². The molecule has 0 saturated carbocycles. The standard InChI is InChI=1S/C27H21N2O/c1-17-10-15-23(29(4)16-17)24-18(2)11-12-20-21-13-14-22(28-3)25(27(21)30-26(20)24)19-8-6-5-7-9-19/h5-16H,1-2,4H3/q+1/i1D3. The summed E-state index contributed by atoms with van der Waals surface area (Å²) in [5.41, 5.74) is 6.73. The van der Waals surface area contributed by atoms with E-state index in [2.05, 4.69) is 10.9 Å². The molecule has 0 fully saturated rings. The Kier molecular flexibility index (Phi) is 3.43. The molecule has 0 atom stereocenters. The van der Waals surface area contributed by atoms with Gasteiger partial charge in [-0.05, 0) is 31.0 Å². The summed E-state index contributed by atoms with van der Waals surface area (Å²) in [5, 5.41) is 1.90. The van der Waals surface area contributed by atoms with Crippen LogP contribution in [0.25, 0.3) is 49.2 Å². The van der Waals surface area contributed by atoms with E-state index in [1.54, 1.807) is 12.3 Å². The first-order valence-corrected chi connectivity index (χ1v) is 9.72. The van der Waals surface area contributed by atoms with Crippen LogP contribution in [-0.2, 0) is 7.05 Å². The summed E-state index contributed by atoms with van der Waals surface area (Å²) in [5.74, 6) is 0. The molecule has 3 heteroatoms. The predicted molar refractivity (Wildman–Crippen MR) is 122 cm³/mol. The maximum absolute atomic E-state index is 7.71. The lowest BCUT2D eigenvalue weighted by molar-refractivity contribution is -0.660. The van der Waals surface area contributed by atoms with Gasteiger partial charge in [-0.1, -0.05) is 54.6 Å². The number of aromatic nitrogens is 1. The Balaban J connectivity index is 1.85. The minimum absolute atomic E-state index is 0.288. The second-order valence-corrected chi connectivity index (χ2v) is 7.46. The second kappa shape index (κ2) is 6.86. The van der Waals surface area contributed by atoms with Crippen molar-refractivity contribution in [3.8, 4) is 22.4 Å². The number of furan rings is 1. The highest BCUT2D eigenvalue weighted by Gasteiger charge is 2.22. The molecule has 0 unspecified atom stereocenters. The van der Waals surface area contributed by atoms with Crippen molar-refractivity contribution in [3.05, 3.63) is 95.5 Å². The first kappa shape index (κ1) is 15.0. The quantitative estimate of drug-likeness (QED) is 0.236. The molecule has 2 heterocycles. The molecule has 2 aromatic heterocycles. The molecule has 0 amide bonds.